The Morgan fingerprint density at radius 3 is 2.13 bits per heavy atom. The quantitative estimate of drug-likeness (QED) is 0.722. The Kier molecular flexibility index (Phi) is 7.41. The highest BCUT2D eigenvalue weighted by atomic mass is 19.1. The van der Waals surface area contributed by atoms with Gasteiger partial charge in [-0.2, -0.15) is 0 Å². The third kappa shape index (κ3) is 5.89. The van der Waals surface area contributed by atoms with Crippen LogP contribution in [0, 0.1) is 26.6 Å². The maximum absolute atomic E-state index is 13.4. The van der Waals surface area contributed by atoms with Crippen LogP contribution in [0.1, 0.15) is 28.3 Å². The van der Waals surface area contributed by atoms with Gasteiger partial charge in [-0.25, -0.2) is 4.39 Å². The molecule has 2 aromatic rings. The van der Waals surface area contributed by atoms with Gasteiger partial charge in [0.1, 0.15) is 5.82 Å². The SMILES string of the molecule is Cc1cc(C)c(NC(=O)C(=O)NC[C@H](c2ccc(F)cc2)N2CCN(C)CC2)c(C)c1. The number of rotatable bonds is 5. The number of carbonyl (C=O) groups excluding carboxylic acids is 2. The molecule has 1 atom stereocenters. The molecule has 0 spiro atoms. The molecule has 1 fully saturated rings. The van der Waals surface area contributed by atoms with Crippen molar-refractivity contribution in [2.24, 2.45) is 0 Å². The molecule has 0 unspecified atom stereocenters. The number of benzene rings is 2. The van der Waals surface area contributed by atoms with Gasteiger partial charge in [0, 0.05) is 38.4 Å². The third-order valence-corrected chi connectivity index (χ3v) is 5.81. The molecule has 0 saturated carbocycles. The van der Waals surface area contributed by atoms with Gasteiger partial charge >= 0.3 is 11.8 Å². The zero-order valence-electron chi connectivity index (χ0n) is 18.7. The first-order valence-electron chi connectivity index (χ1n) is 10.6. The molecule has 0 aromatic heterocycles. The fourth-order valence-electron chi connectivity index (χ4n) is 4.09. The minimum atomic E-state index is -0.689. The Morgan fingerprint density at radius 2 is 1.55 bits per heavy atom. The van der Waals surface area contributed by atoms with Crippen LogP contribution in [0.4, 0.5) is 10.1 Å². The summed E-state index contributed by atoms with van der Waals surface area (Å²) in [6.45, 7) is 9.58. The summed E-state index contributed by atoms with van der Waals surface area (Å²) in [6.07, 6.45) is 0. The van der Waals surface area contributed by atoms with E-state index in [0.717, 1.165) is 48.4 Å². The molecule has 1 aliphatic heterocycles. The van der Waals surface area contributed by atoms with Crippen LogP contribution in [0.2, 0.25) is 0 Å². The molecule has 3 rings (SSSR count). The molecule has 166 valence electrons. The smallest absolute Gasteiger partial charge is 0.313 e. The van der Waals surface area contributed by atoms with E-state index >= 15 is 0 Å². The Hall–Kier alpha value is -2.77. The Labute approximate surface area is 183 Å². The van der Waals surface area contributed by atoms with Crippen LogP contribution in [-0.4, -0.2) is 61.4 Å². The molecular weight excluding hydrogens is 395 g/mol. The molecule has 0 aliphatic carbocycles. The average Bonchev–Trinajstić information content (AvgIpc) is 2.72. The molecule has 6 nitrogen and oxygen atoms in total. The normalized spacial score (nSPS) is 16.0. The third-order valence-electron chi connectivity index (χ3n) is 5.81. The number of aryl methyl sites for hydroxylation is 3. The van der Waals surface area contributed by atoms with Crippen molar-refractivity contribution in [1.82, 2.24) is 15.1 Å². The second kappa shape index (κ2) is 10.0. The molecule has 1 aliphatic rings. The van der Waals surface area contributed by atoms with Crippen LogP contribution in [-0.2, 0) is 9.59 Å². The Balaban J connectivity index is 1.68. The van der Waals surface area contributed by atoms with E-state index in [1.165, 1.54) is 12.1 Å². The van der Waals surface area contributed by atoms with Gasteiger partial charge in [0.2, 0.25) is 0 Å². The first-order chi connectivity index (χ1) is 14.7. The van der Waals surface area contributed by atoms with Crippen LogP contribution in [0.15, 0.2) is 36.4 Å². The van der Waals surface area contributed by atoms with Gasteiger partial charge < -0.3 is 15.5 Å². The second-order valence-corrected chi connectivity index (χ2v) is 8.34. The van der Waals surface area contributed by atoms with Crippen molar-refractivity contribution < 1.29 is 14.0 Å². The monoisotopic (exact) mass is 426 g/mol. The summed E-state index contributed by atoms with van der Waals surface area (Å²) in [4.78, 5) is 29.6. The van der Waals surface area contributed by atoms with Crippen molar-refractivity contribution in [3.05, 3.63) is 64.5 Å². The highest BCUT2D eigenvalue weighted by Crippen LogP contribution is 2.23. The van der Waals surface area contributed by atoms with Crippen LogP contribution in [0.5, 0.6) is 0 Å². The summed E-state index contributed by atoms with van der Waals surface area (Å²) < 4.78 is 13.4. The first-order valence-corrected chi connectivity index (χ1v) is 10.6. The van der Waals surface area contributed by atoms with Gasteiger partial charge in [0.25, 0.3) is 0 Å². The Bertz CT molecular complexity index is 914. The lowest BCUT2D eigenvalue weighted by Crippen LogP contribution is -2.49. The largest absolute Gasteiger partial charge is 0.346 e. The zero-order chi connectivity index (χ0) is 22.5. The van der Waals surface area contributed by atoms with E-state index in [1.54, 1.807) is 12.1 Å². The van der Waals surface area contributed by atoms with Gasteiger partial charge in [-0.3, -0.25) is 14.5 Å². The number of carbonyl (C=O) groups is 2. The van der Waals surface area contributed by atoms with Crippen molar-refractivity contribution in [2.75, 3.05) is 45.1 Å². The maximum Gasteiger partial charge on any atom is 0.313 e. The fraction of sp³-hybridized carbons (Fsp3) is 0.417. The molecule has 2 N–H and O–H groups in total. The second-order valence-electron chi connectivity index (χ2n) is 8.34. The van der Waals surface area contributed by atoms with Crippen molar-refractivity contribution >= 4 is 17.5 Å². The number of halogens is 1. The average molecular weight is 427 g/mol. The minimum absolute atomic E-state index is 0.131. The number of nitrogens with zero attached hydrogens (tertiary/aromatic N) is 2. The number of hydrogen-bond donors (Lipinski definition) is 2. The van der Waals surface area contributed by atoms with E-state index in [1.807, 2.05) is 32.9 Å². The summed E-state index contributed by atoms with van der Waals surface area (Å²) in [6, 6.07) is 10.1. The van der Waals surface area contributed by atoms with E-state index in [2.05, 4.69) is 27.5 Å². The molecule has 1 heterocycles. The van der Waals surface area contributed by atoms with Crippen molar-refractivity contribution in [1.29, 1.82) is 0 Å². The van der Waals surface area contributed by atoms with Gasteiger partial charge in [0.15, 0.2) is 0 Å². The molecule has 7 heteroatoms. The lowest BCUT2D eigenvalue weighted by Gasteiger charge is -2.38. The van der Waals surface area contributed by atoms with Crippen LogP contribution >= 0.6 is 0 Å². The molecule has 0 radical (unpaired) electrons. The summed E-state index contributed by atoms with van der Waals surface area (Å²) in [7, 11) is 2.07. The lowest BCUT2D eigenvalue weighted by molar-refractivity contribution is -0.136. The summed E-state index contributed by atoms with van der Waals surface area (Å²) in [5.41, 5.74) is 4.52. The van der Waals surface area contributed by atoms with E-state index in [4.69, 9.17) is 0 Å². The number of anilines is 1. The van der Waals surface area contributed by atoms with E-state index in [-0.39, 0.29) is 18.4 Å². The van der Waals surface area contributed by atoms with Gasteiger partial charge in [-0.05, 0) is 56.6 Å². The first kappa shape index (κ1) is 22.9. The molecule has 0 bridgehead atoms. The van der Waals surface area contributed by atoms with Gasteiger partial charge in [-0.1, -0.05) is 29.8 Å². The molecule has 2 aromatic carbocycles. The summed E-state index contributed by atoms with van der Waals surface area (Å²) in [5, 5.41) is 5.52. The minimum Gasteiger partial charge on any atom is -0.346 e. The summed E-state index contributed by atoms with van der Waals surface area (Å²) >= 11 is 0. The predicted molar refractivity (Wildman–Crippen MR) is 121 cm³/mol. The van der Waals surface area contributed by atoms with Crippen molar-refractivity contribution in [3.8, 4) is 0 Å². The van der Waals surface area contributed by atoms with Gasteiger partial charge in [0.05, 0.1) is 6.04 Å². The topological polar surface area (TPSA) is 64.7 Å². The highest BCUT2D eigenvalue weighted by molar-refractivity contribution is 6.39. The highest BCUT2D eigenvalue weighted by Gasteiger charge is 2.26. The number of likely N-dealkylation sites (N-methyl/N-ethyl adjacent to an activating group) is 1. The molecule has 31 heavy (non-hydrogen) atoms. The van der Waals surface area contributed by atoms with Crippen LogP contribution in [0.25, 0.3) is 0 Å². The van der Waals surface area contributed by atoms with E-state index in [9.17, 15) is 14.0 Å². The predicted octanol–water partition coefficient (Wildman–Crippen LogP) is 2.79. The van der Waals surface area contributed by atoms with Gasteiger partial charge in [-0.15, -0.1) is 0 Å². The number of nitrogens with one attached hydrogen (secondary N) is 2. The lowest BCUT2D eigenvalue weighted by atomic mass is 10.0. The van der Waals surface area contributed by atoms with Crippen LogP contribution in [0.3, 0.4) is 0 Å². The summed E-state index contributed by atoms with van der Waals surface area (Å²) in [5.74, 6) is -1.67. The van der Waals surface area contributed by atoms with Crippen molar-refractivity contribution in [2.45, 2.75) is 26.8 Å². The van der Waals surface area contributed by atoms with Crippen LogP contribution < -0.4 is 10.6 Å². The number of piperazine rings is 1. The fourth-order valence-corrected chi connectivity index (χ4v) is 4.09. The van der Waals surface area contributed by atoms with E-state index in [0.29, 0.717) is 5.69 Å². The number of hydrogen-bond acceptors (Lipinski definition) is 4. The molecule has 1 saturated heterocycles. The molecule has 2 amide bonds. The van der Waals surface area contributed by atoms with Crippen molar-refractivity contribution in [3.63, 3.8) is 0 Å². The Morgan fingerprint density at radius 1 is 0.968 bits per heavy atom. The molecular formula is C24H31FN4O2. The zero-order valence-corrected chi connectivity index (χ0v) is 18.7. The maximum atomic E-state index is 13.4. The van der Waals surface area contributed by atoms with E-state index < -0.39 is 11.8 Å². The standard InChI is InChI=1S/C24H31FN4O2/c1-16-13-17(2)22(18(3)14-16)27-24(31)23(30)26-15-21(19-5-7-20(25)8-6-19)29-11-9-28(4)10-12-29/h5-8,13-14,21H,9-12,15H2,1-4H3,(H,26,30)(H,27,31)/t21-/m1/s1. The number of amides is 2.